The van der Waals surface area contributed by atoms with Crippen molar-refractivity contribution in [2.75, 3.05) is 13.2 Å². The molecule has 144 valence electrons. The summed E-state index contributed by atoms with van der Waals surface area (Å²) in [6, 6.07) is 15.4. The Kier molecular flexibility index (Phi) is 8.06. The van der Waals surface area contributed by atoms with Gasteiger partial charge in [0.05, 0.1) is 6.61 Å². The maximum absolute atomic E-state index is 14.1. The summed E-state index contributed by atoms with van der Waals surface area (Å²) in [5.41, 5.74) is 3.11. The summed E-state index contributed by atoms with van der Waals surface area (Å²) in [7, 11) is 0. The number of halogens is 2. The fourth-order valence-corrected chi connectivity index (χ4v) is 3.68. The number of ether oxygens (including phenoxy) is 2. The van der Waals surface area contributed by atoms with E-state index in [1.165, 1.54) is 23.6 Å². The Bertz CT molecular complexity index is 739. The SMILES string of the molecule is Fc1ccc(Br)cc1CC=C(CCCOC1CCCCO1)c1ccccc1. The maximum Gasteiger partial charge on any atom is 0.157 e. The van der Waals surface area contributed by atoms with Crippen LogP contribution in [0.3, 0.4) is 0 Å². The average Bonchev–Trinajstić information content (AvgIpc) is 2.71. The second kappa shape index (κ2) is 10.7. The molecule has 0 radical (unpaired) electrons. The quantitative estimate of drug-likeness (QED) is 0.440. The van der Waals surface area contributed by atoms with Crippen LogP contribution in [-0.2, 0) is 15.9 Å². The molecule has 0 spiro atoms. The lowest BCUT2D eigenvalue weighted by Crippen LogP contribution is -2.22. The molecular weight excluding hydrogens is 407 g/mol. The zero-order chi connectivity index (χ0) is 18.9. The van der Waals surface area contributed by atoms with Gasteiger partial charge in [-0.1, -0.05) is 52.3 Å². The van der Waals surface area contributed by atoms with Crippen molar-refractivity contribution < 1.29 is 13.9 Å². The van der Waals surface area contributed by atoms with Gasteiger partial charge >= 0.3 is 0 Å². The fraction of sp³-hybridized carbons (Fsp3) is 0.391. The first kappa shape index (κ1) is 20.2. The molecule has 3 rings (SSSR count). The lowest BCUT2D eigenvalue weighted by molar-refractivity contribution is -0.162. The molecular formula is C23H26BrFO2. The van der Waals surface area contributed by atoms with Gasteiger partial charge in [-0.15, -0.1) is 0 Å². The van der Waals surface area contributed by atoms with Crippen molar-refractivity contribution >= 4 is 21.5 Å². The van der Waals surface area contributed by atoms with E-state index >= 15 is 0 Å². The topological polar surface area (TPSA) is 18.5 Å². The molecule has 0 amide bonds. The van der Waals surface area contributed by atoms with Crippen LogP contribution >= 0.6 is 15.9 Å². The van der Waals surface area contributed by atoms with Crippen molar-refractivity contribution in [3.05, 3.63) is 76.0 Å². The Morgan fingerprint density at radius 1 is 1.19 bits per heavy atom. The van der Waals surface area contributed by atoms with E-state index in [-0.39, 0.29) is 12.1 Å². The number of benzene rings is 2. The molecule has 0 N–H and O–H groups in total. The highest BCUT2D eigenvalue weighted by molar-refractivity contribution is 9.10. The Labute approximate surface area is 169 Å². The summed E-state index contributed by atoms with van der Waals surface area (Å²) in [6.07, 6.45) is 7.78. The molecule has 1 aliphatic heterocycles. The monoisotopic (exact) mass is 432 g/mol. The van der Waals surface area contributed by atoms with Crippen molar-refractivity contribution in [3.8, 4) is 0 Å². The number of rotatable bonds is 8. The van der Waals surface area contributed by atoms with E-state index in [0.29, 0.717) is 18.6 Å². The van der Waals surface area contributed by atoms with Crippen LogP contribution in [0.5, 0.6) is 0 Å². The molecule has 0 aliphatic carbocycles. The van der Waals surface area contributed by atoms with Crippen molar-refractivity contribution in [2.24, 2.45) is 0 Å². The highest BCUT2D eigenvalue weighted by Gasteiger charge is 2.13. The van der Waals surface area contributed by atoms with Crippen molar-refractivity contribution in [2.45, 2.75) is 44.8 Å². The van der Waals surface area contributed by atoms with Gasteiger partial charge in [0.15, 0.2) is 6.29 Å². The van der Waals surface area contributed by atoms with Crippen LogP contribution in [0.15, 0.2) is 59.1 Å². The second-order valence-electron chi connectivity index (χ2n) is 6.81. The minimum atomic E-state index is -0.167. The summed E-state index contributed by atoms with van der Waals surface area (Å²) in [5, 5.41) is 0. The highest BCUT2D eigenvalue weighted by atomic mass is 79.9. The van der Waals surface area contributed by atoms with Gasteiger partial charge < -0.3 is 9.47 Å². The minimum absolute atomic E-state index is 0.0429. The van der Waals surface area contributed by atoms with Crippen molar-refractivity contribution in [1.82, 2.24) is 0 Å². The van der Waals surface area contributed by atoms with Crippen molar-refractivity contribution in [1.29, 1.82) is 0 Å². The van der Waals surface area contributed by atoms with Crippen LogP contribution in [0.25, 0.3) is 5.57 Å². The molecule has 2 aromatic rings. The predicted octanol–water partition coefficient (Wildman–Crippen LogP) is 6.54. The second-order valence-corrected chi connectivity index (χ2v) is 7.72. The maximum atomic E-state index is 14.1. The van der Waals surface area contributed by atoms with E-state index in [9.17, 15) is 4.39 Å². The van der Waals surface area contributed by atoms with Crippen LogP contribution < -0.4 is 0 Å². The third-order valence-corrected chi connectivity index (χ3v) is 5.25. The zero-order valence-corrected chi connectivity index (χ0v) is 17.1. The number of hydrogen-bond acceptors (Lipinski definition) is 2. The molecule has 0 aromatic heterocycles. The van der Waals surface area contributed by atoms with E-state index in [0.717, 1.165) is 36.8 Å². The van der Waals surface area contributed by atoms with E-state index in [2.05, 4.69) is 34.1 Å². The average molecular weight is 433 g/mol. The molecule has 2 aromatic carbocycles. The van der Waals surface area contributed by atoms with Gasteiger partial charge in [0, 0.05) is 11.1 Å². The van der Waals surface area contributed by atoms with Crippen LogP contribution in [0, 0.1) is 5.82 Å². The van der Waals surface area contributed by atoms with Gasteiger partial charge in [-0.05, 0) is 73.4 Å². The van der Waals surface area contributed by atoms with Crippen LogP contribution in [0.4, 0.5) is 4.39 Å². The lowest BCUT2D eigenvalue weighted by atomic mass is 9.98. The van der Waals surface area contributed by atoms with Crippen LogP contribution in [0.1, 0.15) is 43.2 Å². The molecule has 1 saturated heterocycles. The molecule has 1 heterocycles. The van der Waals surface area contributed by atoms with E-state index in [1.54, 1.807) is 6.07 Å². The number of hydrogen-bond donors (Lipinski definition) is 0. The van der Waals surface area contributed by atoms with E-state index in [4.69, 9.17) is 9.47 Å². The lowest BCUT2D eigenvalue weighted by Gasteiger charge is -2.22. The molecule has 4 heteroatoms. The van der Waals surface area contributed by atoms with Crippen LogP contribution in [-0.4, -0.2) is 19.5 Å². The van der Waals surface area contributed by atoms with Gasteiger partial charge in [-0.3, -0.25) is 0 Å². The summed E-state index contributed by atoms with van der Waals surface area (Å²) in [4.78, 5) is 0. The van der Waals surface area contributed by atoms with Crippen molar-refractivity contribution in [3.63, 3.8) is 0 Å². The molecule has 1 unspecified atom stereocenters. The smallest absolute Gasteiger partial charge is 0.157 e. The minimum Gasteiger partial charge on any atom is -0.353 e. The molecule has 0 saturated carbocycles. The van der Waals surface area contributed by atoms with Gasteiger partial charge in [-0.2, -0.15) is 0 Å². The first-order valence-corrected chi connectivity index (χ1v) is 10.4. The van der Waals surface area contributed by atoms with Crippen LogP contribution in [0.2, 0.25) is 0 Å². The standard InChI is InChI=1S/C23H26BrFO2/c24-21-13-14-22(25)20(17-21)12-11-19(18-7-2-1-3-8-18)9-6-16-27-23-10-4-5-15-26-23/h1-3,7-8,11,13-14,17,23H,4-6,9-10,12,15-16H2. The van der Waals surface area contributed by atoms with E-state index in [1.807, 2.05) is 24.3 Å². The fourth-order valence-electron chi connectivity index (χ4n) is 3.27. The molecule has 1 atom stereocenters. The summed E-state index contributed by atoms with van der Waals surface area (Å²) in [6.45, 7) is 1.48. The normalized spacial score (nSPS) is 17.9. The third kappa shape index (κ3) is 6.56. The largest absolute Gasteiger partial charge is 0.353 e. The van der Waals surface area contributed by atoms with E-state index < -0.39 is 0 Å². The molecule has 1 aliphatic rings. The van der Waals surface area contributed by atoms with Gasteiger partial charge in [0.1, 0.15) is 5.82 Å². The predicted molar refractivity (Wildman–Crippen MR) is 111 cm³/mol. The Morgan fingerprint density at radius 3 is 2.81 bits per heavy atom. The third-order valence-electron chi connectivity index (χ3n) is 4.75. The summed E-state index contributed by atoms with van der Waals surface area (Å²) >= 11 is 3.42. The van der Waals surface area contributed by atoms with Gasteiger partial charge in [0.25, 0.3) is 0 Å². The van der Waals surface area contributed by atoms with Gasteiger partial charge in [0.2, 0.25) is 0 Å². The molecule has 27 heavy (non-hydrogen) atoms. The molecule has 2 nitrogen and oxygen atoms in total. The summed E-state index contributed by atoms with van der Waals surface area (Å²) < 4.78 is 26.4. The Balaban J connectivity index is 1.61. The first-order chi connectivity index (χ1) is 13.2. The highest BCUT2D eigenvalue weighted by Crippen LogP contribution is 2.23. The zero-order valence-electron chi connectivity index (χ0n) is 15.5. The van der Waals surface area contributed by atoms with Gasteiger partial charge in [-0.25, -0.2) is 4.39 Å². The molecule has 1 fully saturated rings. The Morgan fingerprint density at radius 2 is 2.04 bits per heavy atom. The summed E-state index contributed by atoms with van der Waals surface area (Å²) in [5.74, 6) is -0.167. The first-order valence-electron chi connectivity index (χ1n) is 9.64. The molecule has 0 bridgehead atoms. The Hall–Kier alpha value is -1.49. The number of allylic oxidation sites excluding steroid dienone is 2.